The molecule has 3 rings (SSSR count). The van der Waals surface area contributed by atoms with Crippen molar-refractivity contribution in [3.8, 4) is 11.8 Å². The van der Waals surface area contributed by atoms with Crippen LogP contribution in [0, 0.1) is 11.8 Å². The fourth-order valence-electron chi connectivity index (χ4n) is 2.44. The molecule has 2 aromatic heterocycles. The van der Waals surface area contributed by atoms with Crippen LogP contribution >= 0.6 is 0 Å². The number of hydrogen-bond donors (Lipinski definition) is 1. The van der Waals surface area contributed by atoms with E-state index in [2.05, 4.69) is 28.9 Å². The topological polar surface area (TPSA) is 69.9 Å². The van der Waals surface area contributed by atoms with Crippen molar-refractivity contribution < 1.29 is 4.52 Å². The van der Waals surface area contributed by atoms with E-state index in [4.69, 9.17) is 10.3 Å². The molecule has 0 fully saturated rings. The van der Waals surface area contributed by atoms with Crippen LogP contribution in [0.5, 0.6) is 0 Å². The van der Waals surface area contributed by atoms with E-state index < -0.39 is 0 Å². The van der Waals surface area contributed by atoms with E-state index in [1.54, 1.807) is 6.20 Å². The normalized spacial score (nSPS) is 11.7. The summed E-state index contributed by atoms with van der Waals surface area (Å²) in [5.74, 6) is 7.54. The van der Waals surface area contributed by atoms with Gasteiger partial charge in [-0.05, 0) is 18.1 Å². The van der Waals surface area contributed by atoms with Crippen LogP contribution in [0.4, 0.5) is 0 Å². The Hall–Kier alpha value is -2.84. The number of hydrogen-bond acceptors (Lipinski definition) is 4. The lowest BCUT2D eigenvalue weighted by atomic mass is 10.2. The van der Waals surface area contributed by atoms with Gasteiger partial charge in [0, 0.05) is 37.0 Å². The van der Waals surface area contributed by atoms with Crippen molar-refractivity contribution in [2.45, 2.75) is 19.4 Å². The number of aryl methyl sites for hydroxylation is 1. The van der Waals surface area contributed by atoms with Gasteiger partial charge in [0.05, 0.1) is 6.04 Å². The van der Waals surface area contributed by atoms with E-state index >= 15 is 0 Å². The first-order valence-electron chi connectivity index (χ1n) is 7.57. The molecule has 1 unspecified atom stereocenters. The first kappa shape index (κ1) is 15.1. The smallest absolute Gasteiger partial charge is 0.210 e. The van der Waals surface area contributed by atoms with Crippen molar-refractivity contribution in [3.05, 3.63) is 71.6 Å². The van der Waals surface area contributed by atoms with Gasteiger partial charge < -0.3 is 14.8 Å². The quantitative estimate of drug-likeness (QED) is 0.751. The van der Waals surface area contributed by atoms with Gasteiger partial charge in [-0.15, -0.1) is 0 Å². The lowest BCUT2D eigenvalue weighted by Crippen LogP contribution is -2.22. The number of nitrogens with zero attached hydrogens (tertiary/aromatic N) is 3. The molecule has 5 nitrogen and oxygen atoms in total. The average molecular weight is 306 g/mol. The van der Waals surface area contributed by atoms with E-state index in [-0.39, 0.29) is 6.04 Å². The van der Waals surface area contributed by atoms with Gasteiger partial charge in [-0.2, -0.15) is 0 Å². The summed E-state index contributed by atoms with van der Waals surface area (Å²) in [6.07, 6.45) is 4.53. The summed E-state index contributed by atoms with van der Waals surface area (Å²) in [6, 6.07) is 11.5. The molecule has 0 saturated carbocycles. The highest BCUT2D eigenvalue weighted by atomic mass is 16.5. The van der Waals surface area contributed by atoms with Crippen LogP contribution in [0.15, 0.2) is 53.3 Å². The average Bonchev–Trinajstić information content (AvgIpc) is 3.24. The largest absolute Gasteiger partial charge is 0.347 e. The summed E-state index contributed by atoms with van der Waals surface area (Å²) in [4.78, 5) is 4.33. The van der Waals surface area contributed by atoms with Crippen molar-refractivity contribution in [1.82, 2.24) is 14.7 Å². The molecule has 5 heteroatoms. The van der Waals surface area contributed by atoms with Crippen LogP contribution in [-0.2, 0) is 6.42 Å². The molecule has 0 bridgehead atoms. The van der Waals surface area contributed by atoms with Gasteiger partial charge in [0.2, 0.25) is 5.76 Å². The van der Waals surface area contributed by atoms with Crippen molar-refractivity contribution in [2.75, 3.05) is 6.54 Å². The Morgan fingerprint density at radius 1 is 1.26 bits per heavy atom. The van der Waals surface area contributed by atoms with E-state index in [1.807, 2.05) is 47.2 Å². The maximum atomic E-state index is 5.93. The molecule has 0 radical (unpaired) electrons. The van der Waals surface area contributed by atoms with Gasteiger partial charge >= 0.3 is 0 Å². The summed E-state index contributed by atoms with van der Waals surface area (Å²) in [5, 5.41) is 4.12. The van der Waals surface area contributed by atoms with E-state index in [0.29, 0.717) is 12.3 Å². The van der Waals surface area contributed by atoms with Gasteiger partial charge in [-0.1, -0.05) is 36.2 Å². The highest BCUT2D eigenvalue weighted by molar-refractivity contribution is 5.39. The minimum atomic E-state index is -0.0940. The zero-order valence-electron chi connectivity index (χ0n) is 12.9. The Balaban J connectivity index is 1.85. The van der Waals surface area contributed by atoms with Crippen molar-refractivity contribution >= 4 is 0 Å². The number of aromatic nitrogens is 3. The standard InChI is InChI=1S/C18H18N4O/c1-2-18-20-10-11-22(18)17(13-19)16-12-15(23-21-16)9-8-14-6-4-3-5-7-14/h3-7,10-12,17H,2,13,19H2,1H3. The molecule has 0 aliphatic rings. The molecule has 0 spiro atoms. The zero-order chi connectivity index (χ0) is 16.1. The van der Waals surface area contributed by atoms with Gasteiger partial charge in [0.15, 0.2) is 0 Å². The molecular weight excluding hydrogens is 288 g/mol. The fourth-order valence-corrected chi connectivity index (χ4v) is 2.44. The number of imidazole rings is 1. The number of benzene rings is 1. The van der Waals surface area contributed by atoms with Crippen molar-refractivity contribution in [3.63, 3.8) is 0 Å². The molecule has 0 aliphatic carbocycles. The lowest BCUT2D eigenvalue weighted by molar-refractivity contribution is 0.390. The van der Waals surface area contributed by atoms with E-state index in [9.17, 15) is 0 Å². The minimum Gasteiger partial charge on any atom is -0.347 e. The SMILES string of the molecule is CCc1nccn1C(CN)c1cc(C#Cc2ccccc2)on1. The summed E-state index contributed by atoms with van der Waals surface area (Å²) in [7, 11) is 0. The van der Waals surface area contributed by atoms with Crippen molar-refractivity contribution in [1.29, 1.82) is 0 Å². The predicted molar refractivity (Wildman–Crippen MR) is 87.7 cm³/mol. The molecule has 23 heavy (non-hydrogen) atoms. The molecule has 3 aromatic rings. The molecular formula is C18H18N4O. The zero-order valence-corrected chi connectivity index (χ0v) is 12.9. The summed E-state index contributed by atoms with van der Waals surface area (Å²) < 4.78 is 7.36. The Kier molecular flexibility index (Phi) is 4.55. The van der Waals surface area contributed by atoms with Crippen LogP contribution in [-0.4, -0.2) is 21.3 Å². The second kappa shape index (κ2) is 6.95. The van der Waals surface area contributed by atoms with Gasteiger partial charge in [0.1, 0.15) is 11.5 Å². The van der Waals surface area contributed by atoms with Crippen LogP contribution in [0.3, 0.4) is 0 Å². The fraction of sp³-hybridized carbons (Fsp3) is 0.222. The molecule has 116 valence electrons. The van der Waals surface area contributed by atoms with E-state index in [0.717, 1.165) is 23.5 Å². The molecule has 0 aliphatic heterocycles. The second-order valence-electron chi connectivity index (χ2n) is 5.09. The lowest BCUT2D eigenvalue weighted by Gasteiger charge is -2.15. The van der Waals surface area contributed by atoms with Gasteiger partial charge in [-0.25, -0.2) is 4.98 Å². The maximum Gasteiger partial charge on any atom is 0.210 e. The predicted octanol–water partition coefficient (Wildman–Crippen LogP) is 2.38. The second-order valence-corrected chi connectivity index (χ2v) is 5.09. The van der Waals surface area contributed by atoms with Gasteiger partial charge in [-0.3, -0.25) is 0 Å². The maximum absolute atomic E-state index is 5.93. The van der Waals surface area contributed by atoms with Crippen molar-refractivity contribution in [2.24, 2.45) is 5.73 Å². The third-order valence-corrected chi connectivity index (χ3v) is 3.60. The Labute approximate surface area is 135 Å². The molecule has 1 aromatic carbocycles. The third-order valence-electron chi connectivity index (χ3n) is 3.60. The highest BCUT2D eigenvalue weighted by Gasteiger charge is 2.18. The molecule has 2 heterocycles. The summed E-state index contributed by atoms with van der Waals surface area (Å²) in [6.45, 7) is 2.48. The first-order valence-corrected chi connectivity index (χ1v) is 7.57. The molecule has 2 N–H and O–H groups in total. The Morgan fingerprint density at radius 2 is 2.09 bits per heavy atom. The van der Waals surface area contributed by atoms with Crippen LogP contribution < -0.4 is 5.73 Å². The number of nitrogens with two attached hydrogens (primary N) is 1. The highest BCUT2D eigenvalue weighted by Crippen LogP contribution is 2.19. The van der Waals surface area contributed by atoms with Gasteiger partial charge in [0.25, 0.3) is 0 Å². The molecule has 0 amide bonds. The first-order chi connectivity index (χ1) is 11.3. The summed E-state index contributed by atoms with van der Waals surface area (Å²) in [5.41, 5.74) is 7.62. The van der Waals surface area contributed by atoms with E-state index in [1.165, 1.54) is 0 Å². The monoisotopic (exact) mass is 306 g/mol. The van der Waals surface area contributed by atoms with Crippen LogP contribution in [0.1, 0.15) is 35.8 Å². The summed E-state index contributed by atoms with van der Waals surface area (Å²) >= 11 is 0. The minimum absolute atomic E-state index is 0.0940. The van der Waals surface area contributed by atoms with Crippen LogP contribution in [0.2, 0.25) is 0 Å². The van der Waals surface area contributed by atoms with Crippen LogP contribution in [0.25, 0.3) is 0 Å². The molecule has 1 atom stereocenters. The Bertz CT molecular complexity index is 823. The third kappa shape index (κ3) is 3.33. The Morgan fingerprint density at radius 3 is 2.83 bits per heavy atom. The molecule has 0 saturated heterocycles. The number of rotatable bonds is 4.